The summed E-state index contributed by atoms with van der Waals surface area (Å²) in [5, 5.41) is 1.49. The number of hydrogen-bond acceptors (Lipinski definition) is 0. The van der Waals surface area contributed by atoms with Gasteiger partial charge in [0.2, 0.25) is 0 Å². The van der Waals surface area contributed by atoms with Crippen LogP contribution in [0.3, 0.4) is 0 Å². The molecular weight excluding hydrogens is 134 g/mol. The molecule has 0 amide bonds. The Bertz CT molecular complexity index is 205. The summed E-state index contributed by atoms with van der Waals surface area (Å²) >= 11 is 0. The second-order valence-electron chi connectivity index (χ2n) is 1.71. The summed E-state index contributed by atoms with van der Waals surface area (Å²) in [6, 6.07) is 0. The van der Waals surface area contributed by atoms with Gasteiger partial charge >= 0.3 is 0 Å². The van der Waals surface area contributed by atoms with E-state index < -0.39 is 0 Å². The van der Waals surface area contributed by atoms with Crippen molar-refractivity contribution in [3.63, 3.8) is 0 Å². The first-order chi connectivity index (χ1) is 3.97. The van der Waals surface area contributed by atoms with E-state index in [1.807, 2.05) is 0 Å². The van der Waals surface area contributed by atoms with Crippen LogP contribution in [-0.2, 0) is 0 Å². The van der Waals surface area contributed by atoms with E-state index in [2.05, 4.69) is 24.0 Å². The first-order valence-corrected chi connectivity index (χ1v) is 5.03. The second-order valence-corrected chi connectivity index (χ2v) is 4.17. The van der Waals surface area contributed by atoms with Gasteiger partial charge in [0.1, 0.15) is 0 Å². The number of fused-ring (bicyclic) bond motifs is 1. The summed E-state index contributed by atoms with van der Waals surface area (Å²) in [5.74, 6) is 2.26. The maximum atomic E-state index is 2.26. The van der Waals surface area contributed by atoms with Crippen LogP contribution in [0.1, 0.15) is 0 Å². The summed E-state index contributed by atoms with van der Waals surface area (Å²) < 4.78 is 0. The van der Waals surface area contributed by atoms with Gasteiger partial charge in [-0.05, 0) is 33.2 Å². The topological polar surface area (TPSA) is 0 Å². The molecule has 2 heteroatoms. The Morgan fingerprint density at radius 2 is 2.38 bits per heavy atom. The van der Waals surface area contributed by atoms with Crippen molar-refractivity contribution in [1.29, 1.82) is 0 Å². The molecule has 0 bridgehead atoms. The first-order valence-electron chi connectivity index (χ1n) is 2.46. The standard InChI is InChI=1S/C6H4P2/c1-2-5-4-7-8-6(5)3-1/h1-4H. The zero-order valence-corrected chi connectivity index (χ0v) is 5.99. The number of allylic oxidation sites excluding steroid dienone is 5. The zero-order valence-electron chi connectivity index (χ0n) is 4.20. The molecule has 0 aromatic heterocycles. The molecule has 2 aliphatic rings. The van der Waals surface area contributed by atoms with Crippen molar-refractivity contribution >= 4 is 15.7 Å². The van der Waals surface area contributed by atoms with E-state index in [0.717, 1.165) is 0 Å². The molecule has 0 saturated carbocycles. The lowest BCUT2D eigenvalue weighted by Gasteiger charge is -1.83. The van der Waals surface area contributed by atoms with E-state index in [-0.39, 0.29) is 0 Å². The fourth-order valence-electron chi connectivity index (χ4n) is 0.778. The molecule has 0 fully saturated rings. The van der Waals surface area contributed by atoms with Crippen molar-refractivity contribution in [2.24, 2.45) is 0 Å². The van der Waals surface area contributed by atoms with Gasteiger partial charge in [-0.25, -0.2) is 0 Å². The molecule has 1 aliphatic carbocycles. The second kappa shape index (κ2) is 1.65. The molecule has 0 unspecified atom stereocenters. The average Bonchev–Trinajstić information content (AvgIpc) is 2.15. The van der Waals surface area contributed by atoms with Crippen LogP contribution in [0.15, 0.2) is 34.9 Å². The molecule has 0 spiro atoms. The smallest absolute Gasteiger partial charge is 0.0139 e. The maximum absolute atomic E-state index is 2.26. The molecular formula is C6H4P2. The Kier molecular flexibility index (Phi) is 0.966. The van der Waals surface area contributed by atoms with Gasteiger partial charge < -0.3 is 0 Å². The van der Waals surface area contributed by atoms with Crippen LogP contribution in [-0.4, -0.2) is 0 Å². The van der Waals surface area contributed by atoms with Crippen molar-refractivity contribution in [3.8, 4) is 0 Å². The van der Waals surface area contributed by atoms with Gasteiger partial charge in [0.05, 0.1) is 0 Å². The van der Waals surface area contributed by atoms with Crippen LogP contribution in [0, 0.1) is 0 Å². The third-order valence-electron chi connectivity index (χ3n) is 1.19. The minimum atomic E-state index is 1.44. The molecule has 2 rings (SSSR count). The van der Waals surface area contributed by atoms with E-state index in [4.69, 9.17) is 0 Å². The Morgan fingerprint density at radius 1 is 1.38 bits per heavy atom. The molecule has 1 aliphatic heterocycles. The molecule has 38 valence electrons. The SMILES string of the molecule is C1=CC2=CP=PC2=C1. The summed E-state index contributed by atoms with van der Waals surface area (Å²) in [5.41, 5.74) is 1.44. The fraction of sp³-hybridized carbons (Fsp3) is 0. The molecule has 0 N–H and O–H groups in total. The van der Waals surface area contributed by atoms with Crippen LogP contribution in [0.25, 0.3) is 0 Å². The van der Waals surface area contributed by atoms with Crippen molar-refractivity contribution in [3.05, 3.63) is 34.9 Å². The highest BCUT2D eigenvalue weighted by Crippen LogP contribution is 2.42. The molecule has 0 nitrogen and oxygen atoms in total. The zero-order chi connectivity index (χ0) is 5.40. The average molecular weight is 138 g/mol. The quantitative estimate of drug-likeness (QED) is 0.451. The molecule has 8 heavy (non-hydrogen) atoms. The van der Waals surface area contributed by atoms with Gasteiger partial charge in [-0.2, -0.15) is 0 Å². The van der Waals surface area contributed by atoms with Crippen molar-refractivity contribution in [2.75, 3.05) is 0 Å². The summed E-state index contributed by atoms with van der Waals surface area (Å²) in [7, 11) is 2.89. The normalized spacial score (nSPS) is 25.0. The predicted molar refractivity (Wildman–Crippen MR) is 39.1 cm³/mol. The summed E-state index contributed by atoms with van der Waals surface area (Å²) in [6.07, 6.45) is 6.47. The molecule has 0 atom stereocenters. The lowest BCUT2D eigenvalue weighted by molar-refractivity contribution is 1.80. The minimum absolute atomic E-state index is 1.44. The van der Waals surface area contributed by atoms with Crippen molar-refractivity contribution in [1.82, 2.24) is 0 Å². The van der Waals surface area contributed by atoms with E-state index in [0.29, 0.717) is 0 Å². The van der Waals surface area contributed by atoms with Gasteiger partial charge in [0, 0.05) is 5.31 Å². The number of hydrogen-bond donors (Lipinski definition) is 0. The lowest BCUT2D eigenvalue weighted by atomic mass is 10.3. The number of rotatable bonds is 0. The largest absolute Gasteiger partial charge is 0.0606 e. The molecule has 0 aromatic rings. The van der Waals surface area contributed by atoms with Crippen LogP contribution < -0.4 is 0 Å². The van der Waals surface area contributed by atoms with Gasteiger partial charge in [0.25, 0.3) is 0 Å². The third-order valence-corrected chi connectivity index (χ3v) is 3.66. The lowest BCUT2D eigenvalue weighted by Crippen LogP contribution is -1.62. The Balaban J connectivity index is 2.59. The van der Waals surface area contributed by atoms with E-state index in [1.165, 1.54) is 26.6 Å². The first kappa shape index (κ1) is 4.68. The Labute approximate surface area is 51.4 Å². The van der Waals surface area contributed by atoms with Gasteiger partial charge in [-0.3, -0.25) is 0 Å². The van der Waals surface area contributed by atoms with Crippen LogP contribution in [0.4, 0.5) is 0 Å². The highest BCUT2D eigenvalue weighted by Gasteiger charge is 2.05. The maximum Gasteiger partial charge on any atom is 0.0139 e. The highest BCUT2D eigenvalue weighted by atomic mass is 31.7. The molecule has 0 saturated heterocycles. The van der Waals surface area contributed by atoms with Crippen molar-refractivity contribution < 1.29 is 0 Å². The minimum Gasteiger partial charge on any atom is -0.0606 e. The van der Waals surface area contributed by atoms with Crippen LogP contribution in [0.5, 0.6) is 0 Å². The monoisotopic (exact) mass is 138 g/mol. The summed E-state index contributed by atoms with van der Waals surface area (Å²) in [4.78, 5) is 0. The fourth-order valence-corrected chi connectivity index (χ4v) is 3.28. The molecule has 1 heterocycles. The van der Waals surface area contributed by atoms with E-state index >= 15 is 0 Å². The summed E-state index contributed by atoms with van der Waals surface area (Å²) in [6.45, 7) is 0. The van der Waals surface area contributed by atoms with E-state index in [9.17, 15) is 0 Å². The van der Waals surface area contributed by atoms with Gasteiger partial charge in [-0.15, -0.1) is 0 Å². The van der Waals surface area contributed by atoms with Gasteiger partial charge in [-0.1, -0.05) is 12.2 Å². The Morgan fingerprint density at radius 3 is 3.25 bits per heavy atom. The van der Waals surface area contributed by atoms with Crippen LogP contribution >= 0.6 is 15.7 Å². The van der Waals surface area contributed by atoms with Crippen molar-refractivity contribution in [2.45, 2.75) is 0 Å². The molecule has 0 radical (unpaired) electrons. The molecule has 0 aromatic carbocycles. The van der Waals surface area contributed by atoms with Gasteiger partial charge in [0.15, 0.2) is 0 Å². The Hall–Kier alpha value is -0.180. The highest BCUT2D eigenvalue weighted by molar-refractivity contribution is 7.88. The van der Waals surface area contributed by atoms with E-state index in [1.54, 1.807) is 0 Å². The van der Waals surface area contributed by atoms with Crippen LogP contribution in [0.2, 0.25) is 0 Å². The predicted octanol–water partition coefficient (Wildman–Crippen LogP) is 3.15. The third kappa shape index (κ3) is 0.540.